The van der Waals surface area contributed by atoms with Crippen molar-refractivity contribution in [3.8, 4) is 0 Å². The maximum atomic E-state index is 17.1. The van der Waals surface area contributed by atoms with Crippen molar-refractivity contribution in [1.29, 1.82) is 0 Å². The highest BCUT2D eigenvalue weighted by Crippen LogP contribution is 2.62. The lowest BCUT2D eigenvalue weighted by atomic mass is 9.90. The van der Waals surface area contributed by atoms with Crippen molar-refractivity contribution < 1.29 is 46.7 Å². The third-order valence-corrected chi connectivity index (χ3v) is 16.6. The summed E-state index contributed by atoms with van der Waals surface area (Å²) in [6.07, 6.45) is 42.9. The summed E-state index contributed by atoms with van der Waals surface area (Å²) in [6.45, 7) is 23.9. The first-order chi connectivity index (χ1) is 35.8. The Morgan fingerprint density at radius 1 is 0.311 bits per heavy atom. The lowest BCUT2D eigenvalue weighted by molar-refractivity contribution is -0.158. The van der Waals surface area contributed by atoms with E-state index in [1.54, 1.807) is 0 Å². The van der Waals surface area contributed by atoms with Crippen LogP contribution in [0.3, 0.4) is 0 Å². The van der Waals surface area contributed by atoms with Crippen LogP contribution in [0.1, 0.15) is 311 Å². The van der Waals surface area contributed by atoms with Crippen molar-refractivity contribution in [3.63, 3.8) is 0 Å². The number of phosphoric acid groups is 1. The molecule has 0 atom stereocenters. The molecule has 0 aliphatic carbocycles. The average Bonchev–Trinajstić information content (AvgIpc) is 3.40. The zero-order chi connectivity index (χ0) is 54.9. The Hall–Kier alpha value is -2.26. The number of carbonyl (C=O) groups is 3. The Balaban J connectivity index is 8.42. The van der Waals surface area contributed by atoms with E-state index < -0.39 is 42.5 Å². The molecule has 0 fully saturated rings. The van der Waals surface area contributed by atoms with E-state index in [1.165, 1.54) is 0 Å². The van der Waals surface area contributed by atoms with Gasteiger partial charge in [-0.2, -0.15) is 0 Å². The topological polar surface area (TPSA) is 124 Å². The van der Waals surface area contributed by atoms with Crippen LogP contribution in [0, 0.1) is 0 Å². The molecule has 0 aromatic heterocycles. The van der Waals surface area contributed by atoms with Crippen molar-refractivity contribution >= 4 is 25.7 Å². The standard InChI is InChI=1S/C63H117O10P/c1-10-19-25-31-37-43-49-61(55-68-58(64)16-7,50-44-38-32-26-20-11-2)71-74(67,72-62(56-69-59(65)17-8,51-45-39-33-27-21-12-3)52-46-40-34-28-22-13-4)73-63(57-70-60(66)18-9,53-47-41-35-29-23-14-5)54-48-42-36-30-24-15-6/h16-18H,7-15,19-57H2,1-6H3. The summed E-state index contributed by atoms with van der Waals surface area (Å²) >= 11 is 0. The molecular formula is C63H117O10P. The van der Waals surface area contributed by atoms with E-state index in [0.29, 0.717) is 38.5 Å². The molecule has 11 heteroatoms. The van der Waals surface area contributed by atoms with Gasteiger partial charge in [0.2, 0.25) is 0 Å². The fourth-order valence-electron chi connectivity index (χ4n) is 10.1. The maximum Gasteiger partial charge on any atom is 0.476 e. The number of phosphoric ester groups is 1. The van der Waals surface area contributed by atoms with Crippen molar-refractivity contribution in [3.05, 3.63) is 38.0 Å². The molecule has 0 aliphatic heterocycles. The second-order valence-electron chi connectivity index (χ2n) is 21.8. The molecule has 0 aromatic rings. The van der Waals surface area contributed by atoms with Crippen molar-refractivity contribution in [2.45, 2.75) is 328 Å². The minimum atomic E-state index is -4.84. The van der Waals surface area contributed by atoms with Crippen LogP contribution in [0.15, 0.2) is 38.0 Å². The molecule has 0 spiro atoms. The average molecular weight is 1070 g/mol. The predicted molar refractivity (Wildman–Crippen MR) is 310 cm³/mol. The molecular weight excluding hydrogens is 948 g/mol. The van der Waals surface area contributed by atoms with Gasteiger partial charge in [-0.05, 0) is 38.5 Å². The smallest absolute Gasteiger partial charge is 0.459 e. The minimum absolute atomic E-state index is 0.168. The number of carbonyl (C=O) groups excluding carboxylic acids is 3. The SMILES string of the molecule is C=CC(=O)OCC(CCCCCCCC)(CCCCCCCC)OP(=O)(OC(CCCCCCCC)(CCCCCCCC)COC(=O)C=C)OC(CCCCCCCC)(CCCCCCCC)COC(=O)C=C. The van der Waals surface area contributed by atoms with Crippen molar-refractivity contribution in [2.75, 3.05) is 19.8 Å². The predicted octanol–water partition coefficient (Wildman–Crippen LogP) is 20.1. The molecule has 0 rings (SSSR count). The van der Waals surface area contributed by atoms with Crippen LogP contribution in [0.4, 0.5) is 0 Å². The molecule has 0 bridgehead atoms. The van der Waals surface area contributed by atoms with Gasteiger partial charge in [-0.15, -0.1) is 0 Å². The molecule has 434 valence electrons. The van der Waals surface area contributed by atoms with Crippen LogP contribution in [0.5, 0.6) is 0 Å². The van der Waals surface area contributed by atoms with Gasteiger partial charge in [0.05, 0.1) is 0 Å². The second-order valence-corrected chi connectivity index (χ2v) is 23.3. The first-order valence-corrected chi connectivity index (χ1v) is 32.4. The molecule has 10 nitrogen and oxygen atoms in total. The number of esters is 3. The summed E-state index contributed by atoms with van der Waals surface area (Å²) in [5.74, 6) is -1.77. The normalized spacial score (nSPS) is 12.2. The Labute approximate surface area is 456 Å². The largest absolute Gasteiger partial charge is 0.476 e. The van der Waals surface area contributed by atoms with Gasteiger partial charge in [0.15, 0.2) is 0 Å². The van der Waals surface area contributed by atoms with Gasteiger partial charge in [0.25, 0.3) is 0 Å². The highest BCUT2D eigenvalue weighted by Gasteiger charge is 2.52. The third-order valence-electron chi connectivity index (χ3n) is 14.8. The van der Waals surface area contributed by atoms with Gasteiger partial charge in [0, 0.05) is 18.2 Å². The second kappa shape index (κ2) is 47.9. The minimum Gasteiger partial charge on any atom is -0.459 e. The van der Waals surface area contributed by atoms with E-state index in [2.05, 4.69) is 61.3 Å². The summed E-state index contributed by atoms with van der Waals surface area (Å²) in [4.78, 5) is 39.4. The van der Waals surface area contributed by atoms with Crippen LogP contribution in [0.2, 0.25) is 0 Å². The van der Waals surface area contributed by atoms with Gasteiger partial charge in [0.1, 0.15) is 36.6 Å². The molecule has 0 radical (unpaired) electrons. The van der Waals surface area contributed by atoms with Crippen LogP contribution in [-0.2, 0) is 46.7 Å². The van der Waals surface area contributed by atoms with Crippen molar-refractivity contribution in [1.82, 2.24) is 0 Å². The molecule has 74 heavy (non-hydrogen) atoms. The van der Waals surface area contributed by atoms with E-state index in [4.69, 9.17) is 27.8 Å². The molecule has 0 saturated heterocycles. The van der Waals surface area contributed by atoms with Gasteiger partial charge in [-0.25, -0.2) is 18.9 Å². The van der Waals surface area contributed by atoms with Crippen LogP contribution >= 0.6 is 7.82 Å². The van der Waals surface area contributed by atoms with Crippen LogP contribution < -0.4 is 0 Å². The number of hydrogen-bond donors (Lipinski definition) is 0. The van der Waals surface area contributed by atoms with E-state index in [1.807, 2.05) is 0 Å². The molecule has 0 N–H and O–H groups in total. The molecule has 0 aromatic carbocycles. The summed E-state index contributed by atoms with van der Waals surface area (Å²) in [5, 5.41) is 0. The molecule has 0 aliphatic rings. The Bertz CT molecular complexity index is 1230. The zero-order valence-corrected chi connectivity index (χ0v) is 50.1. The summed E-state index contributed by atoms with van der Waals surface area (Å²) < 4.78 is 57.2. The molecule has 0 saturated carbocycles. The van der Waals surface area contributed by atoms with E-state index >= 15 is 4.57 Å². The van der Waals surface area contributed by atoms with Crippen molar-refractivity contribution in [2.24, 2.45) is 0 Å². The lowest BCUT2D eigenvalue weighted by Crippen LogP contribution is -2.45. The lowest BCUT2D eigenvalue weighted by Gasteiger charge is -2.44. The Morgan fingerprint density at radius 2 is 0.473 bits per heavy atom. The Kier molecular flexibility index (Phi) is 46.4. The first kappa shape index (κ1) is 71.7. The number of unbranched alkanes of at least 4 members (excludes halogenated alkanes) is 30. The third kappa shape index (κ3) is 37.5. The van der Waals surface area contributed by atoms with Crippen LogP contribution in [-0.4, -0.2) is 54.5 Å². The van der Waals surface area contributed by atoms with E-state index in [0.717, 1.165) is 249 Å². The highest BCUT2D eigenvalue weighted by atomic mass is 31.2. The Morgan fingerprint density at radius 3 is 0.635 bits per heavy atom. The molecule has 0 unspecified atom stereocenters. The number of ether oxygens (including phenoxy) is 3. The monoisotopic (exact) mass is 1060 g/mol. The maximum absolute atomic E-state index is 17.1. The zero-order valence-electron chi connectivity index (χ0n) is 49.2. The van der Waals surface area contributed by atoms with E-state index in [9.17, 15) is 14.4 Å². The van der Waals surface area contributed by atoms with Gasteiger partial charge in [-0.3, -0.25) is 13.6 Å². The highest BCUT2D eigenvalue weighted by molar-refractivity contribution is 7.48. The number of hydrogen-bond acceptors (Lipinski definition) is 10. The van der Waals surface area contributed by atoms with Gasteiger partial charge in [-0.1, -0.05) is 292 Å². The summed E-state index contributed by atoms with van der Waals surface area (Å²) in [6, 6.07) is 0. The quantitative estimate of drug-likeness (QED) is 0.0191. The summed E-state index contributed by atoms with van der Waals surface area (Å²) in [5.41, 5.74) is -3.80. The van der Waals surface area contributed by atoms with Crippen LogP contribution in [0.25, 0.3) is 0 Å². The van der Waals surface area contributed by atoms with E-state index in [-0.39, 0.29) is 19.8 Å². The molecule has 0 amide bonds. The summed E-state index contributed by atoms with van der Waals surface area (Å²) in [7, 11) is -4.84. The molecule has 0 heterocycles. The van der Waals surface area contributed by atoms with Gasteiger partial charge < -0.3 is 14.2 Å². The first-order valence-electron chi connectivity index (χ1n) is 30.9. The number of rotatable bonds is 57. The van der Waals surface area contributed by atoms with Gasteiger partial charge >= 0.3 is 25.7 Å². The fourth-order valence-corrected chi connectivity index (χ4v) is 12.3. The fraction of sp³-hybridized carbons (Fsp3) is 0.857.